The standard InChI is InChI=1S/C32H56N6O4/c1-4-6-7-8-9-10-11-12-13-14-15-16-17-18-28(39)42-23-26(19-20-41-31(40)29(33)25(3)5-2)22-38-24-36-27-21-35-32(34)37-30(27)38/h21,24-26,29H,4-20,22-23,33H2,1-3H3,(H2,34,35,37)/t25-,26?,29-/m0/s1. The molecule has 0 aromatic carbocycles. The molecule has 2 aromatic heterocycles. The number of nitrogen functional groups attached to an aromatic ring is 1. The Kier molecular flexibility index (Phi) is 17.7. The number of carbonyl (C=O) groups is 2. The van der Waals surface area contributed by atoms with E-state index in [4.69, 9.17) is 20.9 Å². The highest BCUT2D eigenvalue weighted by Gasteiger charge is 2.22. The van der Waals surface area contributed by atoms with E-state index in [0.29, 0.717) is 30.6 Å². The second-order valence-corrected chi connectivity index (χ2v) is 11.7. The zero-order valence-corrected chi connectivity index (χ0v) is 26.4. The zero-order valence-electron chi connectivity index (χ0n) is 26.4. The molecule has 0 aliphatic heterocycles. The Balaban J connectivity index is 1.72. The fourth-order valence-corrected chi connectivity index (χ4v) is 4.99. The molecule has 0 aliphatic rings. The van der Waals surface area contributed by atoms with Crippen LogP contribution in [0.1, 0.15) is 124 Å². The topological polar surface area (TPSA) is 148 Å². The van der Waals surface area contributed by atoms with Crippen LogP contribution in [-0.4, -0.2) is 50.7 Å². The first kappa shape index (κ1) is 35.4. The van der Waals surface area contributed by atoms with Crippen LogP contribution in [-0.2, 0) is 25.6 Å². The molecule has 0 aliphatic carbocycles. The molecule has 0 fully saturated rings. The molecular formula is C32H56N6O4. The van der Waals surface area contributed by atoms with Crippen molar-refractivity contribution in [3.8, 4) is 0 Å². The molecule has 4 N–H and O–H groups in total. The smallest absolute Gasteiger partial charge is 0.323 e. The molecule has 0 saturated carbocycles. The molecule has 0 saturated heterocycles. The molecule has 3 atom stereocenters. The molecular weight excluding hydrogens is 532 g/mol. The van der Waals surface area contributed by atoms with Gasteiger partial charge in [0.25, 0.3) is 0 Å². The average molecular weight is 589 g/mol. The second kappa shape index (κ2) is 21.0. The highest BCUT2D eigenvalue weighted by atomic mass is 16.5. The van der Waals surface area contributed by atoms with Crippen LogP contribution in [0.15, 0.2) is 12.5 Å². The second-order valence-electron chi connectivity index (χ2n) is 11.7. The van der Waals surface area contributed by atoms with E-state index in [1.165, 1.54) is 64.2 Å². The van der Waals surface area contributed by atoms with Gasteiger partial charge in [-0.25, -0.2) is 9.97 Å². The van der Waals surface area contributed by atoms with Gasteiger partial charge in [0.15, 0.2) is 5.65 Å². The van der Waals surface area contributed by atoms with Crippen LogP contribution < -0.4 is 11.5 Å². The Bertz CT molecular complexity index is 1030. The number of ether oxygens (including phenoxy) is 2. The summed E-state index contributed by atoms with van der Waals surface area (Å²) in [7, 11) is 0. The first-order valence-electron chi connectivity index (χ1n) is 16.4. The molecule has 1 unspecified atom stereocenters. The minimum atomic E-state index is -0.649. The van der Waals surface area contributed by atoms with Crippen LogP contribution in [0.5, 0.6) is 0 Å². The maximum absolute atomic E-state index is 12.5. The third-order valence-corrected chi connectivity index (χ3v) is 8.10. The molecule has 2 rings (SSSR count). The van der Waals surface area contributed by atoms with Crippen LogP contribution >= 0.6 is 0 Å². The quantitative estimate of drug-likeness (QED) is 0.106. The lowest BCUT2D eigenvalue weighted by Crippen LogP contribution is -2.38. The summed E-state index contributed by atoms with van der Waals surface area (Å²) < 4.78 is 13.0. The Labute approximate surface area is 252 Å². The number of imidazole rings is 1. The van der Waals surface area contributed by atoms with Crippen molar-refractivity contribution in [2.75, 3.05) is 18.9 Å². The van der Waals surface area contributed by atoms with E-state index in [1.54, 1.807) is 12.5 Å². The van der Waals surface area contributed by atoms with Crippen molar-refractivity contribution in [2.24, 2.45) is 17.6 Å². The SMILES string of the molecule is CCCCCCCCCCCCCCCC(=O)OCC(CCOC(=O)[C@@H](N)[C@@H](C)CC)Cn1cnc2cnc(N)nc21. The van der Waals surface area contributed by atoms with Crippen molar-refractivity contribution in [1.29, 1.82) is 0 Å². The molecule has 2 aromatic rings. The van der Waals surface area contributed by atoms with Gasteiger partial charge in [0.2, 0.25) is 5.95 Å². The van der Waals surface area contributed by atoms with E-state index in [9.17, 15) is 9.59 Å². The summed E-state index contributed by atoms with van der Waals surface area (Å²) in [4.78, 5) is 37.5. The van der Waals surface area contributed by atoms with Gasteiger partial charge in [-0.2, -0.15) is 4.98 Å². The Hall–Kier alpha value is -2.75. The van der Waals surface area contributed by atoms with E-state index in [2.05, 4.69) is 21.9 Å². The molecule has 238 valence electrons. The third kappa shape index (κ3) is 13.9. The summed E-state index contributed by atoms with van der Waals surface area (Å²) in [5, 5.41) is 0. The van der Waals surface area contributed by atoms with E-state index >= 15 is 0 Å². The number of anilines is 1. The molecule has 0 radical (unpaired) electrons. The summed E-state index contributed by atoms with van der Waals surface area (Å²) >= 11 is 0. The number of esters is 2. The van der Waals surface area contributed by atoms with Gasteiger partial charge < -0.3 is 25.5 Å². The number of unbranched alkanes of at least 4 members (excludes halogenated alkanes) is 12. The van der Waals surface area contributed by atoms with E-state index < -0.39 is 12.0 Å². The van der Waals surface area contributed by atoms with Crippen molar-refractivity contribution in [2.45, 2.75) is 136 Å². The Morgan fingerprint density at radius 2 is 1.52 bits per heavy atom. The number of carbonyl (C=O) groups excluding carboxylic acids is 2. The van der Waals surface area contributed by atoms with Crippen molar-refractivity contribution in [3.63, 3.8) is 0 Å². The van der Waals surface area contributed by atoms with Crippen LogP contribution in [0.2, 0.25) is 0 Å². The molecule has 0 spiro atoms. The predicted molar refractivity (Wildman–Crippen MR) is 168 cm³/mol. The molecule has 10 heteroatoms. The maximum Gasteiger partial charge on any atom is 0.323 e. The van der Waals surface area contributed by atoms with Gasteiger partial charge in [0.05, 0.1) is 25.7 Å². The monoisotopic (exact) mass is 588 g/mol. The van der Waals surface area contributed by atoms with Crippen LogP contribution in [0.4, 0.5) is 5.95 Å². The summed E-state index contributed by atoms with van der Waals surface area (Å²) in [6.45, 7) is 7.07. The van der Waals surface area contributed by atoms with Crippen molar-refractivity contribution in [1.82, 2.24) is 19.5 Å². The number of hydrogen-bond donors (Lipinski definition) is 2. The minimum Gasteiger partial charge on any atom is -0.465 e. The Morgan fingerprint density at radius 3 is 2.14 bits per heavy atom. The zero-order chi connectivity index (χ0) is 30.6. The largest absolute Gasteiger partial charge is 0.465 e. The number of nitrogens with two attached hydrogens (primary N) is 2. The molecule has 0 bridgehead atoms. The number of fused-ring (bicyclic) bond motifs is 1. The first-order chi connectivity index (χ1) is 20.3. The highest BCUT2D eigenvalue weighted by molar-refractivity contribution is 5.75. The first-order valence-corrected chi connectivity index (χ1v) is 16.4. The number of rotatable bonds is 24. The minimum absolute atomic E-state index is 0.0433. The normalized spacial score (nSPS) is 13.6. The summed E-state index contributed by atoms with van der Waals surface area (Å²) in [6.07, 6.45) is 21.4. The molecule has 10 nitrogen and oxygen atoms in total. The van der Waals surface area contributed by atoms with Gasteiger partial charge in [-0.15, -0.1) is 0 Å². The predicted octanol–water partition coefficient (Wildman–Crippen LogP) is 6.36. The average Bonchev–Trinajstić information content (AvgIpc) is 3.38. The van der Waals surface area contributed by atoms with Crippen LogP contribution in [0.3, 0.4) is 0 Å². The lowest BCUT2D eigenvalue weighted by atomic mass is 10.0. The van der Waals surface area contributed by atoms with Gasteiger partial charge in [-0.05, 0) is 18.8 Å². The highest BCUT2D eigenvalue weighted by Crippen LogP contribution is 2.17. The summed E-state index contributed by atoms with van der Waals surface area (Å²) in [5.74, 6) is -0.501. The van der Waals surface area contributed by atoms with Gasteiger partial charge in [-0.3, -0.25) is 9.59 Å². The fraction of sp³-hybridized carbons (Fsp3) is 0.781. The Morgan fingerprint density at radius 1 is 0.905 bits per heavy atom. The number of hydrogen-bond acceptors (Lipinski definition) is 9. The van der Waals surface area contributed by atoms with Gasteiger partial charge in [0, 0.05) is 18.9 Å². The lowest BCUT2D eigenvalue weighted by Gasteiger charge is -2.20. The van der Waals surface area contributed by atoms with E-state index in [-0.39, 0.29) is 37.0 Å². The van der Waals surface area contributed by atoms with Crippen molar-refractivity contribution >= 4 is 29.1 Å². The number of nitrogens with zero attached hydrogens (tertiary/aromatic N) is 4. The van der Waals surface area contributed by atoms with E-state index in [0.717, 1.165) is 25.7 Å². The van der Waals surface area contributed by atoms with Crippen molar-refractivity contribution < 1.29 is 19.1 Å². The van der Waals surface area contributed by atoms with Gasteiger partial charge in [0.1, 0.15) is 11.6 Å². The lowest BCUT2D eigenvalue weighted by molar-refractivity contribution is -0.149. The molecule has 2 heterocycles. The van der Waals surface area contributed by atoms with Crippen LogP contribution in [0, 0.1) is 11.8 Å². The number of aromatic nitrogens is 4. The van der Waals surface area contributed by atoms with Gasteiger partial charge >= 0.3 is 11.9 Å². The van der Waals surface area contributed by atoms with Crippen molar-refractivity contribution in [3.05, 3.63) is 12.5 Å². The van der Waals surface area contributed by atoms with E-state index in [1.807, 2.05) is 18.4 Å². The van der Waals surface area contributed by atoms with Gasteiger partial charge in [-0.1, -0.05) is 104 Å². The van der Waals surface area contributed by atoms with Crippen LogP contribution in [0.25, 0.3) is 11.2 Å². The summed E-state index contributed by atoms with van der Waals surface area (Å²) in [6, 6.07) is -0.649. The molecule has 0 amide bonds. The third-order valence-electron chi connectivity index (χ3n) is 8.10. The maximum atomic E-state index is 12.5. The summed E-state index contributed by atoms with van der Waals surface area (Å²) in [5.41, 5.74) is 13.0. The molecule has 42 heavy (non-hydrogen) atoms. The fourth-order valence-electron chi connectivity index (χ4n) is 4.99.